The van der Waals surface area contributed by atoms with Gasteiger partial charge in [0.25, 0.3) is 0 Å². The molecule has 1 nitrogen and oxygen atoms in total. The van der Waals surface area contributed by atoms with Gasteiger partial charge in [0, 0.05) is 11.0 Å². The molecule has 1 unspecified atom stereocenters. The lowest BCUT2D eigenvalue weighted by atomic mass is 9.84. The molecule has 10 heavy (non-hydrogen) atoms. The van der Waals surface area contributed by atoms with Crippen LogP contribution in [0.4, 0.5) is 0 Å². The molecule has 1 aliphatic carbocycles. The van der Waals surface area contributed by atoms with Crippen molar-refractivity contribution >= 4 is 15.9 Å². The normalized spacial score (nSPS) is 20.5. The molecule has 1 saturated carbocycles. The fourth-order valence-corrected chi connectivity index (χ4v) is 4.49. The summed E-state index contributed by atoms with van der Waals surface area (Å²) in [7, 11) is 2.34. The topological polar surface area (TPSA) is 12.9 Å². The Kier molecular flexibility index (Phi) is 1.80. The predicted octanol–water partition coefficient (Wildman–Crippen LogP) is 3.27. The van der Waals surface area contributed by atoms with Gasteiger partial charge in [-0.15, -0.1) is 0 Å². The predicted molar refractivity (Wildman–Crippen MR) is 47.6 cm³/mol. The van der Waals surface area contributed by atoms with Gasteiger partial charge in [0.2, 0.25) is 0 Å². The molecular formula is C7H11NP2. The highest BCUT2D eigenvalue weighted by molar-refractivity contribution is 7.89. The summed E-state index contributed by atoms with van der Waals surface area (Å²) in [5.41, 5.74) is 1.35. The standard InChI is InChI=1S/C7H11NP2/c1-5-7(9-10-8-5)6-3-2-4-6/h6,10H,2-4H2,1H3. The second kappa shape index (κ2) is 2.64. The number of aryl methyl sites for hydroxylation is 1. The molecule has 0 aliphatic heterocycles. The summed E-state index contributed by atoms with van der Waals surface area (Å²) in [5.74, 6) is 0.931. The lowest BCUT2D eigenvalue weighted by Crippen LogP contribution is -2.07. The van der Waals surface area contributed by atoms with Crippen molar-refractivity contribution in [2.24, 2.45) is 0 Å². The lowest BCUT2D eigenvalue weighted by molar-refractivity contribution is 0.424. The number of aromatic nitrogens is 1. The molecule has 1 aromatic rings. The van der Waals surface area contributed by atoms with E-state index in [0.29, 0.717) is 0 Å². The van der Waals surface area contributed by atoms with Gasteiger partial charge in [-0.2, -0.15) is 0 Å². The van der Waals surface area contributed by atoms with E-state index in [2.05, 4.69) is 11.7 Å². The summed E-state index contributed by atoms with van der Waals surface area (Å²) < 4.78 is 4.42. The first-order valence-corrected chi connectivity index (χ1v) is 6.43. The van der Waals surface area contributed by atoms with Crippen LogP contribution in [0.2, 0.25) is 0 Å². The molecule has 0 radical (unpaired) electrons. The quantitative estimate of drug-likeness (QED) is 0.631. The zero-order valence-corrected chi connectivity index (χ0v) is 7.99. The summed E-state index contributed by atoms with van der Waals surface area (Å²) in [6, 6.07) is 0. The Morgan fingerprint density at radius 1 is 1.60 bits per heavy atom. The van der Waals surface area contributed by atoms with Crippen molar-refractivity contribution in [3.63, 3.8) is 0 Å². The molecular weight excluding hydrogens is 160 g/mol. The second-order valence-corrected chi connectivity index (χ2v) is 5.32. The number of nitrogens with zero attached hydrogens (tertiary/aromatic N) is 1. The van der Waals surface area contributed by atoms with Crippen LogP contribution in [0, 0.1) is 6.92 Å². The van der Waals surface area contributed by atoms with Gasteiger partial charge >= 0.3 is 0 Å². The number of hydrogen-bond acceptors (Lipinski definition) is 1. The smallest absolute Gasteiger partial charge is 0.0498 e. The van der Waals surface area contributed by atoms with Gasteiger partial charge in [-0.3, -0.25) is 0 Å². The maximum atomic E-state index is 4.42. The molecule has 0 spiro atoms. The average molecular weight is 171 g/mol. The second-order valence-electron chi connectivity index (χ2n) is 2.92. The highest BCUT2D eigenvalue weighted by Gasteiger charge is 2.21. The fourth-order valence-electron chi connectivity index (χ4n) is 1.36. The Morgan fingerprint density at radius 3 is 2.80 bits per heavy atom. The highest BCUT2D eigenvalue weighted by Crippen LogP contribution is 2.44. The van der Waals surface area contributed by atoms with Crippen LogP contribution in [0.3, 0.4) is 0 Å². The van der Waals surface area contributed by atoms with Crippen molar-refractivity contribution in [2.75, 3.05) is 0 Å². The van der Waals surface area contributed by atoms with E-state index in [4.69, 9.17) is 0 Å². The van der Waals surface area contributed by atoms with Crippen LogP contribution >= 0.6 is 15.9 Å². The SMILES string of the molecule is Cc1n[pH]pc1C1CCC1. The summed E-state index contributed by atoms with van der Waals surface area (Å²) in [6.07, 6.45) is 4.30. The third-order valence-electron chi connectivity index (χ3n) is 2.25. The third-order valence-corrected chi connectivity index (χ3v) is 5.04. The first-order chi connectivity index (χ1) is 4.88. The van der Waals surface area contributed by atoms with E-state index < -0.39 is 0 Å². The van der Waals surface area contributed by atoms with E-state index in [1.54, 1.807) is 5.30 Å². The highest BCUT2D eigenvalue weighted by atomic mass is 31.8. The molecule has 1 fully saturated rings. The number of rotatable bonds is 1. The van der Waals surface area contributed by atoms with Gasteiger partial charge in [-0.05, 0) is 41.6 Å². The van der Waals surface area contributed by atoms with E-state index in [1.807, 2.05) is 0 Å². The van der Waals surface area contributed by atoms with Crippen molar-refractivity contribution in [1.29, 1.82) is 0 Å². The first-order valence-electron chi connectivity index (χ1n) is 3.75. The van der Waals surface area contributed by atoms with Gasteiger partial charge in [0.15, 0.2) is 0 Å². The molecule has 1 heterocycles. The third kappa shape index (κ3) is 1.02. The van der Waals surface area contributed by atoms with Crippen LogP contribution in [0.5, 0.6) is 0 Å². The summed E-state index contributed by atoms with van der Waals surface area (Å²) >= 11 is 0. The van der Waals surface area contributed by atoms with Gasteiger partial charge in [0.05, 0.1) is 0 Å². The summed E-state index contributed by atoms with van der Waals surface area (Å²) in [4.78, 5) is 0. The molecule has 2 rings (SSSR count). The largest absolute Gasteiger partial charge is 0.241 e. The van der Waals surface area contributed by atoms with Crippen molar-refractivity contribution in [3.8, 4) is 0 Å². The zero-order valence-electron chi connectivity index (χ0n) is 6.09. The Bertz CT molecular complexity index is 227. The van der Waals surface area contributed by atoms with Crippen LogP contribution in [0.15, 0.2) is 0 Å². The van der Waals surface area contributed by atoms with Gasteiger partial charge in [-0.1, -0.05) is 6.42 Å². The molecule has 0 saturated heterocycles. The average Bonchev–Trinajstić information content (AvgIpc) is 2.12. The Morgan fingerprint density at radius 2 is 2.40 bits per heavy atom. The van der Waals surface area contributed by atoms with Crippen molar-refractivity contribution in [2.45, 2.75) is 32.1 Å². The van der Waals surface area contributed by atoms with Crippen LogP contribution in [0.1, 0.15) is 36.2 Å². The minimum Gasteiger partial charge on any atom is -0.241 e. The maximum Gasteiger partial charge on any atom is 0.0498 e. The van der Waals surface area contributed by atoms with E-state index >= 15 is 0 Å². The monoisotopic (exact) mass is 171 g/mol. The van der Waals surface area contributed by atoms with Gasteiger partial charge in [0.1, 0.15) is 0 Å². The van der Waals surface area contributed by atoms with E-state index in [9.17, 15) is 0 Å². The first kappa shape index (κ1) is 6.83. The summed E-state index contributed by atoms with van der Waals surface area (Å²) in [5, 5.41) is 1.66. The molecule has 54 valence electrons. The zero-order chi connectivity index (χ0) is 6.97. The molecule has 1 aliphatic rings. The van der Waals surface area contributed by atoms with Crippen LogP contribution in [-0.4, -0.2) is 4.75 Å². The molecule has 1 aromatic heterocycles. The Labute approximate surface area is 64.4 Å². The molecule has 3 heteroatoms. The molecule has 1 atom stereocenters. The lowest BCUT2D eigenvalue weighted by Gasteiger charge is -2.24. The molecule has 0 amide bonds. The van der Waals surface area contributed by atoms with Crippen molar-refractivity contribution in [3.05, 3.63) is 11.0 Å². The van der Waals surface area contributed by atoms with E-state index in [-0.39, 0.29) is 0 Å². The van der Waals surface area contributed by atoms with Gasteiger partial charge in [-0.25, -0.2) is 4.75 Å². The van der Waals surface area contributed by atoms with Gasteiger partial charge < -0.3 is 0 Å². The van der Waals surface area contributed by atoms with Crippen LogP contribution < -0.4 is 0 Å². The van der Waals surface area contributed by atoms with E-state index in [1.165, 1.54) is 32.8 Å². The van der Waals surface area contributed by atoms with Crippen LogP contribution in [0.25, 0.3) is 0 Å². The minimum atomic E-state index is 0.822. The van der Waals surface area contributed by atoms with Crippen molar-refractivity contribution < 1.29 is 0 Å². The molecule has 0 aromatic carbocycles. The minimum absolute atomic E-state index is 0.822. The Balaban J connectivity index is 2.23. The van der Waals surface area contributed by atoms with Crippen molar-refractivity contribution in [1.82, 2.24) is 4.75 Å². The summed E-state index contributed by atoms with van der Waals surface area (Å²) in [6.45, 7) is 2.17. The van der Waals surface area contributed by atoms with E-state index in [0.717, 1.165) is 13.9 Å². The molecule has 0 bridgehead atoms. The molecule has 0 N–H and O–H groups in total. The number of hydrogen-bond donors (Lipinski definition) is 0. The fraction of sp³-hybridized carbons (Fsp3) is 0.714. The maximum absolute atomic E-state index is 4.42. The van der Waals surface area contributed by atoms with Crippen LogP contribution in [-0.2, 0) is 0 Å². The Hall–Kier alpha value is 0.140.